The van der Waals surface area contributed by atoms with Gasteiger partial charge in [-0.25, -0.2) is 0 Å². The number of aryl methyl sites for hydroxylation is 1. The number of benzene rings is 4. The van der Waals surface area contributed by atoms with E-state index in [2.05, 4.69) is 74.6 Å². The molecule has 6 heteroatoms. The molecular weight excluding hydrogens is 526 g/mol. The maximum atomic E-state index is 13.8. The minimum Gasteiger partial charge on any atom is -0.352 e. The molecule has 0 bridgehead atoms. The Balaban J connectivity index is 1.30. The molecule has 5 nitrogen and oxygen atoms in total. The van der Waals surface area contributed by atoms with E-state index < -0.39 is 0 Å². The number of anilines is 1. The highest BCUT2D eigenvalue weighted by molar-refractivity contribution is 7.99. The zero-order chi connectivity index (χ0) is 28.8. The smallest absolute Gasteiger partial charge is 0.259 e. The van der Waals surface area contributed by atoms with Crippen LogP contribution in [0.3, 0.4) is 0 Å². The van der Waals surface area contributed by atoms with Crippen LogP contribution in [-0.2, 0) is 13.1 Å². The second-order valence-electron chi connectivity index (χ2n) is 11.0. The Labute approximate surface area is 247 Å². The van der Waals surface area contributed by atoms with Gasteiger partial charge in [-0.3, -0.25) is 9.59 Å². The van der Waals surface area contributed by atoms with Gasteiger partial charge in [-0.1, -0.05) is 84.1 Å². The molecule has 1 unspecified atom stereocenters. The third kappa shape index (κ3) is 7.07. The van der Waals surface area contributed by atoms with E-state index in [4.69, 9.17) is 0 Å². The van der Waals surface area contributed by atoms with Gasteiger partial charge >= 0.3 is 0 Å². The minimum absolute atomic E-state index is 0.0554. The molecule has 2 N–H and O–H groups in total. The molecule has 4 aromatic carbocycles. The molecule has 1 atom stereocenters. The van der Waals surface area contributed by atoms with E-state index in [0.717, 1.165) is 40.6 Å². The van der Waals surface area contributed by atoms with Crippen molar-refractivity contribution in [1.29, 1.82) is 0 Å². The second kappa shape index (κ2) is 13.2. The molecule has 41 heavy (non-hydrogen) atoms. The average molecular weight is 565 g/mol. The van der Waals surface area contributed by atoms with Crippen LogP contribution in [0.1, 0.15) is 57.7 Å². The predicted molar refractivity (Wildman–Crippen MR) is 167 cm³/mol. The van der Waals surface area contributed by atoms with Gasteiger partial charge in [0.15, 0.2) is 0 Å². The van der Waals surface area contributed by atoms with E-state index in [1.54, 1.807) is 11.8 Å². The fraction of sp³-hybridized carbons (Fsp3) is 0.257. The van der Waals surface area contributed by atoms with Crippen LogP contribution in [0.4, 0.5) is 5.69 Å². The van der Waals surface area contributed by atoms with Gasteiger partial charge in [0.1, 0.15) is 6.54 Å². The maximum Gasteiger partial charge on any atom is 0.259 e. The van der Waals surface area contributed by atoms with E-state index in [9.17, 15) is 9.59 Å². The Kier molecular flexibility index (Phi) is 9.22. The lowest BCUT2D eigenvalue weighted by atomic mass is 10.1. The van der Waals surface area contributed by atoms with Crippen molar-refractivity contribution >= 4 is 29.3 Å². The minimum atomic E-state index is -0.114. The third-order valence-corrected chi connectivity index (χ3v) is 8.75. The molecule has 5 rings (SSSR count). The van der Waals surface area contributed by atoms with Crippen molar-refractivity contribution in [1.82, 2.24) is 5.32 Å². The van der Waals surface area contributed by atoms with Gasteiger partial charge < -0.3 is 15.1 Å². The fourth-order valence-corrected chi connectivity index (χ4v) is 6.21. The van der Waals surface area contributed by atoms with Crippen molar-refractivity contribution in [2.24, 2.45) is 0 Å². The SMILES string of the molecule is Cc1ccc(CN2C(=O)c3ccccc3Sc3ccc(C(=O)NCCC[NH+](Cc4ccccc4)C(C)C)cc32)cc1. The zero-order valence-corrected chi connectivity index (χ0v) is 24.8. The van der Waals surface area contributed by atoms with E-state index >= 15 is 0 Å². The van der Waals surface area contributed by atoms with Gasteiger partial charge in [0.05, 0.1) is 30.4 Å². The lowest BCUT2D eigenvalue weighted by Gasteiger charge is -2.24. The van der Waals surface area contributed by atoms with Gasteiger partial charge in [0.25, 0.3) is 11.8 Å². The van der Waals surface area contributed by atoms with Crippen molar-refractivity contribution in [3.8, 4) is 0 Å². The van der Waals surface area contributed by atoms with Gasteiger partial charge in [-0.2, -0.15) is 0 Å². The largest absolute Gasteiger partial charge is 0.352 e. The molecule has 210 valence electrons. The van der Waals surface area contributed by atoms with Gasteiger partial charge in [-0.05, 0) is 56.7 Å². The van der Waals surface area contributed by atoms with Crippen LogP contribution in [0.25, 0.3) is 0 Å². The van der Waals surface area contributed by atoms with Crippen molar-refractivity contribution in [2.75, 3.05) is 18.0 Å². The number of hydrogen-bond acceptors (Lipinski definition) is 3. The normalized spacial score (nSPS) is 13.4. The number of nitrogens with one attached hydrogen (secondary N) is 2. The highest BCUT2D eigenvalue weighted by Crippen LogP contribution is 2.42. The summed E-state index contributed by atoms with van der Waals surface area (Å²) in [5.41, 5.74) is 5.56. The maximum absolute atomic E-state index is 13.8. The first-order valence-electron chi connectivity index (χ1n) is 14.3. The Hall–Kier alpha value is -3.87. The topological polar surface area (TPSA) is 53.9 Å². The summed E-state index contributed by atoms with van der Waals surface area (Å²) in [4.78, 5) is 32.3. The molecule has 1 heterocycles. The summed E-state index contributed by atoms with van der Waals surface area (Å²) in [5, 5.41) is 3.12. The van der Waals surface area contributed by atoms with Crippen LogP contribution in [0.5, 0.6) is 0 Å². The quantitative estimate of drug-likeness (QED) is 0.235. The first kappa shape index (κ1) is 28.7. The predicted octanol–water partition coefficient (Wildman–Crippen LogP) is 5.92. The van der Waals surface area contributed by atoms with Crippen molar-refractivity contribution < 1.29 is 14.5 Å². The molecule has 0 aliphatic carbocycles. The first-order chi connectivity index (χ1) is 19.9. The van der Waals surface area contributed by atoms with Crippen LogP contribution >= 0.6 is 11.8 Å². The average Bonchev–Trinajstić information content (AvgIpc) is 3.10. The van der Waals surface area contributed by atoms with Crippen molar-refractivity contribution in [3.63, 3.8) is 0 Å². The van der Waals surface area contributed by atoms with Crippen molar-refractivity contribution in [3.05, 3.63) is 125 Å². The third-order valence-electron chi connectivity index (χ3n) is 7.61. The molecule has 4 aromatic rings. The zero-order valence-electron chi connectivity index (χ0n) is 24.0. The summed E-state index contributed by atoms with van der Waals surface area (Å²) >= 11 is 1.58. The number of quaternary nitrogens is 1. The first-order valence-corrected chi connectivity index (χ1v) is 15.2. The summed E-state index contributed by atoms with van der Waals surface area (Å²) in [5.74, 6) is -0.170. The van der Waals surface area contributed by atoms with E-state index in [1.807, 2.05) is 53.4 Å². The molecule has 0 fully saturated rings. The summed E-state index contributed by atoms with van der Waals surface area (Å²) in [6.07, 6.45) is 0.889. The van der Waals surface area contributed by atoms with Crippen molar-refractivity contribution in [2.45, 2.75) is 56.1 Å². The number of hydrogen-bond donors (Lipinski definition) is 2. The summed E-state index contributed by atoms with van der Waals surface area (Å²) < 4.78 is 0. The number of amides is 2. The number of fused-ring (bicyclic) bond motifs is 2. The van der Waals surface area contributed by atoms with E-state index in [-0.39, 0.29) is 11.8 Å². The Morgan fingerprint density at radius 3 is 2.37 bits per heavy atom. The van der Waals surface area contributed by atoms with E-state index in [1.165, 1.54) is 16.0 Å². The highest BCUT2D eigenvalue weighted by atomic mass is 32.2. The molecule has 1 aliphatic rings. The molecule has 0 saturated heterocycles. The fourth-order valence-electron chi connectivity index (χ4n) is 5.15. The van der Waals surface area contributed by atoms with Crippen LogP contribution in [0.15, 0.2) is 107 Å². The van der Waals surface area contributed by atoms with E-state index in [0.29, 0.717) is 30.3 Å². The lowest BCUT2D eigenvalue weighted by molar-refractivity contribution is -0.935. The second-order valence-corrected chi connectivity index (χ2v) is 12.1. The summed E-state index contributed by atoms with van der Waals surface area (Å²) in [7, 11) is 0. The molecule has 0 radical (unpaired) electrons. The standard InChI is InChI=1S/C35H37N3O2S/c1-25(2)37(23-27-10-5-4-6-11-27)21-9-20-36-34(39)29-18-19-33-31(22-29)38(24-28-16-14-26(3)15-17-28)35(40)30-12-7-8-13-32(30)41-33/h4-8,10-19,22,25H,9,20-21,23-24H2,1-3H3,(H,36,39)/p+1. The monoisotopic (exact) mass is 564 g/mol. The van der Waals surface area contributed by atoms with Gasteiger partial charge in [0.2, 0.25) is 0 Å². The van der Waals surface area contributed by atoms with Gasteiger partial charge in [-0.15, -0.1) is 0 Å². The molecule has 1 aliphatic heterocycles. The lowest BCUT2D eigenvalue weighted by Crippen LogP contribution is -3.13. The molecule has 0 aromatic heterocycles. The van der Waals surface area contributed by atoms with Gasteiger partial charge in [0, 0.05) is 33.9 Å². The summed E-state index contributed by atoms with van der Waals surface area (Å²) in [6, 6.07) is 32.7. The number of rotatable bonds is 10. The summed E-state index contributed by atoms with van der Waals surface area (Å²) in [6.45, 7) is 9.53. The molecule has 0 spiro atoms. The molecule has 0 saturated carbocycles. The molecular formula is C35H38N3O2S+. The molecule has 2 amide bonds. The van der Waals surface area contributed by atoms with Crippen LogP contribution in [0, 0.1) is 6.92 Å². The number of nitrogens with zero attached hydrogens (tertiary/aromatic N) is 1. The Morgan fingerprint density at radius 1 is 0.878 bits per heavy atom. The Bertz CT molecular complexity index is 1500. The van der Waals surface area contributed by atoms with Crippen LogP contribution in [-0.4, -0.2) is 30.9 Å². The highest BCUT2D eigenvalue weighted by Gasteiger charge is 2.28. The number of carbonyl (C=O) groups excluding carboxylic acids is 2. The Morgan fingerprint density at radius 2 is 1.61 bits per heavy atom. The van der Waals surface area contributed by atoms with Crippen LogP contribution in [0.2, 0.25) is 0 Å². The number of carbonyl (C=O) groups is 2. The van der Waals surface area contributed by atoms with Crippen LogP contribution < -0.4 is 15.1 Å².